The standard InChI is InChI=1S/C16H26N4O2/c17-12-13-7-10-20(11-8-13)16(22)18-9-6-15(21)19-14-4-2-1-3-5-14/h13-14H,1-11H2,(H,18,22)(H,19,21). The Labute approximate surface area is 132 Å². The van der Waals surface area contributed by atoms with Crippen LogP contribution in [0.4, 0.5) is 4.79 Å². The molecule has 22 heavy (non-hydrogen) atoms. The molecule has 1 saturated carbocycles. The van der Waals surface area contributed by atoms with E-state index < -0.39 is 0 Å². The summed E-state index contributed by atoms with van der Waals surface area (Å²) in [6.45, 7) is 1.62. The molecule has 0 aromatic carbocycles. The van der Waals surface area contributed by atoms with Gasteiger partial charge in [-0.2, -0.15) is 5.26 Å². The average molecular weight is 306 g/mol. The van der Waals surface area contributed by atoms with Gasteiger partial charge in [-0.05, 0) is 25.7 Å². The molecule has 3 amide bonds. The Morgan fingerprint density at radius 3 is 2.41 bits per heavy atom. The zero-order valence-electron chi connectivity index (χ0n) is 13.1. The molecule has 0 unspecified atom stereocenters. The number of rotatable bonds is 4. The van der Waals surface area contributed by atoms with E-state index in [1.165, 1.54) is 19.3 Å². The molecule has 1 aliphatic heterocycles. The molecule has 2 rings (SSSR count). The summed E-state index contributed by atoms with van der Waals surface area (Å²) in [5.74, 6) is 0.0979. The second-order valence-electron chi connectivity index (χ2n) is 6.27. The predicted octanol–water partition coefficient (Wildman–Crippen LogP) is 1.77. The molecule has 0 bridgehead atoms. The highest BCUT2D eigenvalue weighted by molar-refractivity contribution is 5.78. The molecule has 0 radical (unpaired) electrons. The van der Waals surface area contributed by atoms with Crippen molar-refractivity contribution in [3.8, 4) is 6.07 Å². The Bertz CT molecular complexity index is 418. The van der Waals surface area contributed by atoms with Gasteiger partial charge in [-0.1, -0.05) is 19.3 Å². The number of hydrogen-bond acceptors (Lipinski definition) is 3. The van der Waals surface area contributed by atoms with Gasteiger partial charge in [-0.3, -0.25) is 4.79 Å². The van der Waals surface area contributed by atoms with Gasteiger partial charge in [0.1, 0.15) is 0 Å². The molecule has 0 atom stereocenters. The van der Waals surface area contributed by atoms with E-state index in [2.05, 4.69) is 16.7 Å². The minimum Gasteiger partial charge on any atom is -0.353 e. The Balaban J connectivity index is 1.58. The van der Waals surface area contributed by atoms with Crippen LogP contribution in [0.2, 0.25) is 0 Å². The van der Waals surface area contributed by atoms with Crippen molar-refractivity contribution in [3.05, 3.63) is 0 Å². The number of urea groups is 1. The molecular weight excluding hydrogens is 280 g/mol. The summed E-state index contributed by atoms with van der Waals surface area (Å²) in [5.41, 5.74) is 0. The first kappa shape index (κ1) is 16.6. The maximum atomic E-state index is 12.0. The van der Waals surface area contributed by atoms with Crippen molar-refractivity contribution < 1.29 is 9.59 Å². The van der Waals surface area contributed by atoms with Crippen LogP contribution in [0, 0.1) is 17.2 Å². The van der Waals surface area contributed by atoms with E-state index in [0.29, 0.717) is 32.1 Å². The van der Waals surface area contributed by atoms with Crippen LogP contribution >= 0.6 is 0 Å². The van der Waals surface area contributed by atoms with Gasteiger partial charge in [0.2, 0.25) is 5.91 Å². The number of amides is 3. The molecular formula is C16H26N4O2. The molecule has 1 aliphatic carbocycles. The summed E-state index contributed by atoms with van der Waals surface area (Å²) in [5, 5.41) is 14.7. The fraction of sp³-hybridized carbons (Fsp3) is 0.812. The van der Waals surface area contributed by atoms with Gasteiger partial charge in [0.05, 0.1) is 6.07 Å². The smallest absolute Gasteiger partial charge is 0.317 e. The Kier molecular flexibility index (Phi) is 6.50. The van der Waals surface area contributed by atoms with Gasteiger partial charge in [0.15, 0.2) is 0 Å². The van der Waals surface area contributed by atoms with Crippen molar-refractivity contribution >= 4 is 11.9 Å². The minimum absolute atomic E-state index is 0.0235. The largest absolute Gasteiger partial charge is 0.353 e. The molecule has 2 N–H and O–H groups in total. The quantitative estimate of drug-likeness (QED) is 0.830. The summed E-state index contributed by atoms with van der Waals surface area (Å²) in [6, 6.07) is 2.45. The van der Waals surface area contributed by atoms with Crippen molar-refractivity contribution in [2.75, 3.05) is 19.6 Å². The lowest BCUT2D eigenvalue weighted by molar-refractivity contribution is -0.121. The molecule has 6 heteroatoms. The summed E-state index contributed by atoms with van der Waals surface area (Å²) in [4.78, 5) is 25.5. The number of likely N-dealkylation sites (tertiary alicyclic amines) is 1. The average Bonchev–Trinajstić information content (AvgIpc) is 2.55. The van der Waals surface area contributed by atoms with Crippen molar-refractivity contribution in [2.45, 2.75) is 57.4 Å². The van der Waals surface area contributed by atoms with E-state index in [-0.39, 0.29) is 17.9 Å². The summed E-state index contributed by atoms with van der Waals surface area (Å²) in [7, 11) is 0. The first-order chi connectivity index (χ1) is 10.7. The number of carbonyl (C=O) groups excluding carboxylic acids is 2. The second-order valence-corrected chi connectivity index (χ2v) is 6.27. The highest BCUT2D eigenvalue weighted by Gasteiger charge is 2.22. The lowest BCUT2D eigenvalue weighted by Gasteiger charge is -2.29. The van der Waals surface area contributed by atoms with E-state index >= 15 is 0 Å². The number of piperidine rings is 1. The van der Waals surface area contributed by atoms with E-state index in [4.69, 9.17) is 5.26 Å². The van der Waals surface area contributed by atoms with Crippen LogP contribution in [0.15, 0.2) is 0 Å². The Morgan fingerprint density at radius 1 is 1.09 bits per heavy atom. The lowest BCUT2D eigenvalue weighted by Crippen LogP contribution is -2.45. The molecule has 2 fully saturated rings. The zero-order valence-corrected chi connectivity index (χ0v) is 13.1. The second kappa shape index (κ2) is 8.62. The van der Waals surface area contributed by atoms with Gasteiger partial charge in [-0.15, -0.1) is 0 Å². The van der Waals surface area contributed by atoms with Crippen molar-refractivity contribution in [2.24, 2.45) is 5.92 Å². The fourth-order valence-electron chi connectivity index (χ4n) is 3.15. The Hall–Kier alpha value is -1.77. The molecule has 2 aliphatic rings. The zero-order chi connectivity index (χ0) is 15.8. The van der Waals surface area contributed by atoms with Crippen molar-refractivity contribution in [1.82, 2.24) is 15.5 Å². The monoisotopic (exact) mass is 306 g/mol. The van der Waals surface area contributed by atoms with Crippen molar-refractivity contribution in [3.63, 3.8) is 0 Å². The van der Waals surface area contributed by atoms with Crippen LogP contribution in [0.3, 0.4) is 0 Å². The van der Waals surface area contributed by atoms with Gasteiger partial charge in [-0.25, -0.2) is 4.79 Å². The van der Waals surface area contributed by atoms with Crippen LogP contribution in [-0.2, 0) is 4.79 Å². The minimum atomic E-state index is -0.123. The highest BCUT2D eigenvalue weighted by atomic mass is 16.2. The number of nitrogens with one attached hydrogen (secondary N) is 2. The number of nitrogens with zero attached hydrogens (tertiary/aromatic N) is 2. The SMILES string of the molecule is N#CC1CCN(C(=O)NCCC(=O)NC2CCCCC2)CC1. The van der Waals surface area contributed by atoms with Gasteiger partial charge < -0.3 is 15.5 Å². The summed E-state index contributed by atoms with van der Waals surface area (Å²) >= 11 is 0. The third-order valence-corrected chi connectivity index (χ3v) is 4.56. The molecule has 6 nitrogen and oxygen atoms in total. The highest BCUT2D eigenvalue weighted by Crippen LogP contribution is 2.17. The maximum absolute atomic E-state index is 12.0. The van der Waals surface area contributed by atoms with E-state index in [1.807, 2.05) is 0 Å². The summed E-state index contributed by atoms with van der Waals surface area (Å²) < 4.78 is 0. The number of hydrogen-bond donors (Lipinski definition) is 2. The molecule has 1 heterocycles. The summed E-state index contributed by atoms with van der Waals surface area (Å²) in [6.07, 6.45) is 7.62. The number of carbonyl (C=O) groups is 2. The van der Waals surface area contributed by atoms with Crippen LogP contribution in [0.25, 0.3) is 0 Å². The lowest BCUT2D eigenvalue weighted by atomic mass is 9.95. The van der Waals surface area contributed by atoms with Crippen LogP contribution < -0.4 is 10.6 Å². The van der Waals surface area contributed by atoms with Gasteiger partial charge in [0.25, 0.3) is 0 Å². The van der Waals surface area contributed by atoms with Crippen molar-refractivity contribution in [1.29, 1.82) is 5.26 Å². The van der Waals surface area contributed by atoms with Gasteiger partial charge >= 0.3 is 6.03 Å². The topological polar surface area (TPSA) is 85.2 Å². The molecule has 1 saturated heterocycles. The molecule has 122 valence electrons. The fourth-order valence-corrected chi connectivity index (χ4v) is 3.15. The van der Waals surface area contributed by atoms with Crippen LogP contribution in [0.1, 0.15) is 51.4 Å². The normalized spacial score (nSPS) is 20.2. The maximum Gasteiger partial charge on any atom is 0.317 e. The molecule has 0 spiro atoms. The predicted molar refractivity (Wildman–Crippen MR) is 82.9 cm³/mol. The van der Waals surface area contributed by atoms with E-state index in [9.17, 15) is 9.59 Å². The Morgan fingerprint density at radius 2 is 1.77 bits per heavy atom. The molecule has 0 aromatic heterocycles. The third kappa shape index (κ3) is 5.21. The van der Waals surface area contributed by atoms with Crippen LogP contribution in [0.5, 0.6) is 0 Å². The number of nitriles is 1. The third-order valence-electron chi connectivity index (χ3n) is 4.56. The first-order valence-electron chi connectivity index (χ1n) is 8.41. The van der Waals surface area contributed by atoms with Crippen LogP contribution in [-0.4, -0.2) is 42.5 Å². The van der Waals surface area contributed by atoms with E-state index in [1.54, 1.807) is 4.90 Å². The van der Waals surface area contributed by atoms with E-state index in [0.717, 1.165) is 25.7 Å². The molecule has 0 aromatic rings. The van der Waals surface area contributed by atoms with Gasteiger partial charge in [0, 0.05) is 38.0 Å². The first-order valence-corrected chi connectivity index (χ1v) is 8.41.